The summed E-state index contributed by atoms with van der Waals surface area (Å²) >= 11 is 0. The zero-order valence-electron chi connectivity index (χ0n) is 11.0. The van der Waals surface area contributed by atoms with Crippen LogP contribution in [-0.2, 0) is 9.84 Å². The summed E-state index contributed by atoms with van der Waals surface area (Å²) in [6.45, 7) is 0. The number of carbonyl (C=O) groups excluding carboxylic acids is 1. The van der Waals surface area contributed by atoms with Crippen LogP contribution in [0.1, 0.15) is 42.6 Å². The van der Waals surface area contributed by atoms with Crippen molar-refractivity contribution in [1.29, 1.82) is 0 Å². The van der Waals surface area contributed by atoms with Gasteiger partial charge in [0.1, 0.15) is 5.69 Å². The highest BCUT2D eigenvalue weighted by Gasteiger charge is 2.46. The Morgan fingerprint density at radius 3 is 2.45 bits per heavy atom. The lowest BCUT2D eigenvalue weighted by atomic mass is 9.85. The number of hydrogen-bond donors (Lipinski definition) is 0. The fourth-order valence-electron chi connectivity index (χ4n) is 3.38. The smallest absolute Gasteiger partial charge is 0.213 e. The van der Waals surface area contributed by atoms with E-state index < -0.39 is 26.3 Å². The molecule has 2 bridgehead atoms. The Morgan fingerprint density at radius 2 is 1.85 bits per heavy atom. The summed E-state index contributed by atoms with van der Waals surface area (Å²) in [5.74, 6) is -1.25. The van der Waals surface area contributed by atoms with Crippen LogP contribution in [0.25, 0.3) is 0 Å². The van der Waals surface area contributed by atoms with Crippen molar-refractivity contribution in [1.82, 2.24) is 4.98 Å². The van der Waals surface area contributed by atoms with Crippen LogP contribution in [0.3, 0.4) is 0 Å². The molecule has 2 aliphatic heterocycles. The van der Waals surface area contributed by atoms with Crippen LogP contribution < -0.4 is 0 Å². The first-order valence-electron chi connectivity index (χ1n) is 6.88. The number of halogens is 1. The van der Waals surface area contributed by atoms with E-state index in [9.17, 15) is 17.6 Å². The molecule has 1 aromatic heterocycles. The van der Waals surface area contributed by atoms with Crippen molar-refractivity contribution in [3.05, 3.63) is 29.8 Å². The van der Waals surface area contributed by atoms with Crippen molar-refractivity contribution in [2.75, 3.05) is 0 Å². The molecule has 2 atom stereocenters. The third kappa shape index (κ3) is 2.26. The average Bonchev–Trinajstić information content (AvgIpc) is 2.36. The predicted molar refractivity (Wildman–Crippen MR) is 71.6 cm³/mol. The van der Waals surface area contributed by atoms with Gasteiger partial charge in [0.2, 0.25) is 5.95 Å². The first-order valence-corrected chi connectivity index (χ1v) is 8.49. The summed E-state index contributed by atoms with van der Waals surface area (Å²) in [5.41, 5.74) is 0.104. The molecular weight excluding hydrogens is 281 g/mol. The van der Waals surface area contributed by atoms with Crippen LogP contribution in [-0.4, -0.2) is 29.7 Å². The second kappa shape index (κ2) is 4.91. The van der Waals surface area contributed by atoms with Gasteiger partial charge in [0.25, 0.3) is 0 Å². The fourth-order valence-corrected chi connectivity index (χ4v) is 5.91. The number of aromatic nitrogens is 1. The molecule has 2 aliphatic rings. The van der Waals surface area contributed by atoms with Crippen molar-refractivity contribution < 1.29 is 17.6 Å². The molecule has 108 valence electrons. The van der Waals surface area contributed by atoms with Crippen molar-refractivity contribution in [2.45, 2.75) is 42.6 Å². The second-order valence-corrected chi connectivity index (χ2v) is 8.15. The summed E-state index contributed by atoms with van der Waals surface area (Å²) in [5, 5.41) is -0.810. The molecule has 0 spiro atoms. The van der Waals surface area contributed by atoms with Crippen molar-refractivity contribution in [2.24, 2.45) is 5.92 Å². The van der Waals surface area contributed by atoms with Gasteiger partial charge in [-0.15, -0.1) is 0 Å². The van der Waals surface area contributed by atoms with Gasteiger partial charge in [-0.3, -0.25) is 4.79 Å². The first-order chi connectivity index (χ1) is 9.48. The van der Waals surface area contributed by atoms with E-state index in [0.717, 1.165) is 6.42 Å². The second-order valence-electron chi connectivity index (χ2n) is 5.64. The van der Waals surface area contributed by atoms with Crippen molar-refractivity contribution in [3.63, 3.8) is 0 Å². The summed E-state index contributed by atoms with van der Waals surface area (Å²) < 4.78 is 37.4. The van der Waals surface area contributed by atoms with Crippen molar-refractivity contribution in [3.8, 4) is 0 Å². The Kier molecular flexibility index (Phi) is 3.36. The molecule has 2 fully saturated rings. The Hall–Kier alpha value is -1.30. The molecule has 2 unspecified atom stereocenters. The van der Waals surface area contributed by atoms with Crippen LogP contribution in [0.4, 0.5) is 4.39 Å². The molecule has 3 rings (SSSR count). The lowest BCUT2D eigenvalue weighted by molar-refractivity contribution is 0.0887. The van der Waals surface area contributed by atoms with E-state index in [1.807, 2.05) is 0 Å². The normalized spacial score (nSPS) is 31.8. The van der Waals surface area contributed by atoms with E-state index in [1.54, 1.807) is 0 Å². The van der Waals surface area contributed by atoms with E-state index in [-0.39, 0.29) is 17.4 Å². The van der Waals surface area contributed by atoms with Crippen LogP contribution in [0.5, 0.6) is 0 Å². The summed E-state index contributed by atoms with van der Waals surface area (Å²) in [7, 11) is -3.07. The van der Waals surface area contributed by atoms with Gasteiger partial charge in [-0.2, -0.15) is 4.39 Å². The van der Waals surface area contributed by atoms with Crippen LogP contribution in [0, 0.1) is 11.9 Å². The molecule has 0 N–H and O–H groups in total. The number of fused-ring (bicyclic) bond motifs is 2. The highest BCUT2D eigenvalue weighted by atomic mass is 32.2. The molecular formula is C14H16FNO3S. The zero-order valence-corrected chi connectivity index (χ0v) is 11.8. The van der Waals surface area contributed by atoms with Gasteiger partial charge in [-0.1, -0.05) is 12.5 Å². The molecule has 0 aromatic carbocycles. The lowest BCUT2D eigenvalue weighted by Gasteiger charge is -2.37. The summed E-state index contributed by atoms with van der Waals surface area (Å²) in [6.07, 6.45) is 2.90. The zero-order chi connectivity index (χ0) is 14.3. The Balaban J connectivity index is 1.85. The summed E-state index contributed by atoms with van der Waals surface area (Å²) in [4.78, 5) is 16.0. The molecule has 1 aromatic rings. The SMILES string of the molecule is O=C(c1cccc(F)n1)C1CC2CCCC(C1)S2(=O)=O. The number of hydrogen-bond acceptors (Lipinski definition) is 4. The van der Waals surface area contributed by atoms with Gasteiger partial charge < -0.3 is 0 Å². The lowest BCUT2D eigenvalue weighted by Crippen LogP contribution is -2.45. The van der Waals surface area contributed by atoms with E-state index in [0.29, 0.717) is 25.7 Å². The molecule has 0 aliphatic carbocycles. The van der Waals surface area contributed by atoms with Gasteiger partial charge in [0, 0.05) is 5.92 Å². The summed E-state index contributed by atoms with van der Waals surface area (Å²) in [6, 6.07) is 4.14. The standard InChI is InChI=1S/C14H16FNO3S/c15-13-6-2-5-12(16-13)14(17)9-7-10-3-1-4-11(8-9)20(10,18)19/h2,5-6,9-11H,1,3-4,7-8H2. The minimum Gasteiger partial charge on any atom is -0.292 e. The first kappa shape index (κ1) is 13.7. The Morgan fingerprint density at radius 1 is 1.20 bits per heavy atom. The van der Waals surface area contributed by atoms with Crippen LogP contribution in [0.15, 0.2) is 18.2 Å². The largest absolute Gasteiger partial charge is 0.292 e. The number of nitrogens with zero attached hydrogens (tertiary/aromatic N) is 1. The maximum Gasteiger partial charge on any atom is 0.213 e. The number of pyridine rings is 1. The van der Waals surface area contributed by atoms with Gasteiger partial charge in [-0.25, -0.2) is 13.4 Å². The highest BCUT2D eigenvalue weighted by Crippen LogP contribution is 2.40. The van der Waals surface area contributed by atoms with Gasteiger partial charge >= 0.3 is 0 Å². The molecule has 4 nitrogen and oxygen atoms in total. The third-order valence-electron chi connectivity index (χ3n) is 4.41. The van der Waals surface area contributed by atoms with Gasteiger partial charge in [0.15, 0.2) is 15.6 Å². The molecule has 6 heteroatoms. The maximum atomic E-state index is 13.1. The monoisotopic (exact) mass is 297 g/mol. The van der Waals surface area contributed by atoms with E-state index >= 15 is 0 Å². The fraction of sp³-hybridized carbons (Fsp3) is 0.571. The molecule has 3 heterocycles. The van der Waals surface area contributed by atoms with Gasteiger partial charge in [0.05, 0.1) is 10.5 Å². The van der Waals surface area contributed by atoms with Gasteiger partial charge in [-0.05, 0) is 37.8 Å². The number of rotatable bonds is 2. The average molecular weight is 297 g/mol. The number of Topliss-reactive ketones (excluding diaryl/α,β-unsaturated/α-hetero) is 1. The number of sulfone groups is 1. The van der Waals surface area contributed by atoms with Crippen LogP contribution >= 0.6 is 0 Å². The van der Waals surface area contributed by atoms with Crippen molar-refractivity contribution >= 4 is 15.6 Å². The molecule has 20 heavy (non-hydrogen) atoms. The minimum absolute atomic E-state index is 0.104. The van der Waals surface area contributed by atoms with Crippen LogP contribution in [0.2, 0.25) is 0 Å². The maximum absolute atomic E-state index is 13.1. The topological polar surface area (TPSA) is 64.1 Å². The Labute approximate surface area is 117 Å². The minimum atomic E-state index is -3.07. The molecule has 0 saturated carbocycles. The highest BCUT2D eigenvalue weighted by molar-refractivity contribution is 7.92. The molecule has 0 amide bonds. The quantitative estimate of drug-likeness (QED) is 0.620. The van der Waals surface area contributed by atoms with E-state index in [4.69, 9.17) is 0 Å². The predicted octanol–water partition coefficient (Wildman–Crippen LogP) is 2.15. The Bertz CT molecular complexity index is 624. The molecule has 0 radical (unpaired) electrons. The third-order valence-corrected chi connectivity index (χ3v) is 7.13. The number of carbonyl (C=O) groups is 1. The molecule has 2 saturated heterocycles. The van der Waals surface area contributed by atoms with E-state index in [2.05, 4.69) is 4.98 Å². The number of ketones is 1. The van der Waals surface area contributed by atoms with E-state index in [1.165, 1.54) is 18.2 Å².